The Kier molecular flexibility index (Phi) is 4.81. The van der Waals surface area contributed by atoms with E-state index < -0.39 is 11.8 Å². The summed E-state index contributed by atoms with van der Waals surface area (Å²) < 4.78 is 13.6. The van der Waals surface area contributed by atoms with Crippen molar-refractivity contribution in [3.8, 4) is 6.07 Å². The molecule has 4 nitrogen and oxygen atoms in total. The molecule has 18 heavy (non-hydrogen) atoms. The van der Waals surface area contributed by atoms with Crippen LogP contribution in [0.15, 0.2) is 18.2 Å². The molecule has 1 N–H and O–H groups in total. The highest BCUT2D eigenvalue weighted by Crippen LogP contribution is 2.14. The van der Waals surface area contributed by atoms with Crippen LogP contribution in [0.5, 0.6) is 0 Å². The van der Waals surface area contributed by atoms with Crippen molar-refractivity contribution < 1.29 is 14.3 Å². The van der Waals surface area contributed by atoms with Crippen molar-refractivity contribution in [3.05, 3.63) is 35.1 Å². The SMILES string of the molecule is CC(C)N(CC(=O)O)Cc1cc(C#N)ccc1F. The standard InChI is InChI=1S/C13H15FN2O2/c1-9(2)16(8-13(17)18)7-11-5-10(6-15)3-4-12(11)14/h3-5,9H,7-8H2,1-2H3,(H,17,18). The number of nitriles is 1. The minimum absolute atomic E-state index is 0.0220. The van der Waals surface area contributed by atoms with Crippen LogP contribution in [0.3, 0.4) is 0 Å². The summed E-state index contributed by atoms with van der Waals surface area (Å²) in [5, 5.41) is 17.6. The highest BCUT2D eigenvalue weighted by atomic mass is 19.1. The molecule has 0 aliphatic rings. The lowest BCUT2D eigenvalue weighted by Crippen LogP contribution is -2.35. The molecule has 0 atom stereocenters. The quantitative estimate of drug-likeness (QED) is 0.868. The fourth-order valence-electron chi connectivity index (χ4n) is 1.58. The maximum absolute atomic E-state index is 13.6. The lowest BCUT2D eigenvalue weighted by molar-refractivity contribution is -0.139. The van der Waals surface area contributed by atoms with Crippen LogP contribution in [0.25, 0.3) is 0 Å². The Morgan fingerprint density at radius 3 is 2.72 bits per heavy atom. The molecule has 0 aromatic heterocycles. The van der Waals surface area contributed by atoms with Crippen molar-refractivity contribution >= 4 is 5.97 Å². The van der Waals surface area contributed by atoms with Crippen LogP contribution in [0.4, 0.5) is 4.39 Å². The van der Waals surface area contributed by atoms with Gasteiger partial charge in [-0.3, -0.25) is 9.69 Å². The molecule has 0 saturated heterocycles. The first-order chi connectivity index (χ1) is 8.43. The van der Waals surface area contributed by atoms with E-state index in [1.807, 2.05) is 19.9 Å². The van der Waals surface area contributed by atoms with Crippen LogP contribution in [0, 0.1) is 17.1 Å². The number of rotatable bonds is 5. The Labute approximate surface area is 105 Å². The Hall–Kier alpha value is -1.93. The predicted molar refractivity (Wildman–Crippen MR) is 64.3 cm³/mol. The monoisotopic (exact) mass is 250 g/mol. The molecule has 0 unspecified atom stereocenters. The van der Waals surface area contributed by atoms with Gasteiger partial charge >= 0.3 is 5.97 Å². The largest absolute Gasteiger partial charge is 0.480 e. The molecule has 1 aromatic rings. The molecule has 0 fully saturated rings. The van der Waals surface area contributed by atoms with E-state index in [2.05, 4.69) is 0 Å². The van der Waals surface area contributed by atoms with Crippen molar-refractivity contribution in [2.75, 3.05) is 6.54 Å². The van der Waals surface area contributed by atoms with E-state index in [1.54, 1.807) is 4.90 Å². The van der Waals surface area contributed by atoms with Crippen LogP contribution in [0.2, 0.25) is 0 Å². The molecule has 0 aliphatic heterocycles. The highest BCUT2D eigenvalue weighted by molar-refractivity contribution is 5.69. The Morgan fingerprint density at radius 2 is 2.22 bits per heavy atom. The minimum atomic E-state index is -0.958. The number of hydrogen-bond donors (Lipinski definition) is 1. The average Bonchev–Trinajstić information content (AvgIpc) is 2.30. The Balaban J connectivity index is 2.93. The van der Waals surface area contributed by atoms with Crippen LogP contribution in [-0.4, -0.2) is 28.6 Å². The number of hydrogen-bond acceptors (Lipinski definition) is 3. The second-order valence-electron chi connectivity index (χ2n) is 4.31. The number of benzene rings is 1. The van der Waals surface area contributed by atoms with Gasteiger partial charge in [0.2, 0.25) is 0 Å². The zero-order chi connectivity index (χ0) is 13.7. The summed E-state index contributed by atoms with van der Waals surface area (Å²) >= 11 is 0. The van der Waals surface area contributed by atoms with Gasteiger partial charge in [0, 0.05) is 18.2 Å². The number of carboxylic acids is 1. The molecule has 96 valence electrons. The van der Waals surface area contributed by atoms with E-state index in [0.29, 0.717) is 11.1 Å². The third-order valence-electron chi connectivity index (χ3n) is 2.62. The van der Waals surface area contributed by atoms with Gasteiger partial charge in [-0.15, -0.1) is 0 Å². The summed E-state index contributed by atoms with van der Waals surface area (Å²) in [7, 11) is 0. The molecule has 0 saturated carbocycles. The number of carboxylic acid groups (broad SMARTS) is 1. The molecule has 1 aromatic carbocycles. The fraction of sp³-hybridized carbons (Fsp3) is 0.385. The predicted octanol–water partition coefficient (Wildman–Crippen LogP) is 1.99. The van der Waals surface area contributed by atoms with Crippen molar-refractivity contribution in [2.24, 2.45) is 0 Å². The summed E-state index contributed by atoms with van der Waals surface area (Å²) in [6, 6.07) is 5.99. The Morgan fingerprint density at radius 1 is 1.56 bits per heavy atom. The summed E-state index contributed by atoms with van der Waals surface area (Å²) in [4.78, 5) is 12.4. The van der Waals surface area contributed by atoms with Gasteiger partial charge in [0.15, 0.2) is 0 Å². The lowest BCUT2D eigenvalue weighted by atomic mass is 10.1. The van der Waals surface area contributed by atoms with E-state index in [4.69, 9.17) is 10.4 Å². The van der Waals surface area contributed by atoms with Crippen molar-refractivity contribution in [2.45, 2.75) is 26.4 Å². The zero-order valence-corrected chi connectivity index (χ0v) is 10.4. The van der Waals surface area contributed by atoms with Gasteiger partial charge in [0.05, 0.1) is 18.2 Å². The van der Waals surface area contributed by atoms with Gasteiger partial charge in [0.1, 0.15) is 5.82 Å². The lowest BCUT2D eigenvalue weighted by Gasteiger charge is -2.24. The molecule has 0 radical (unpaired) electrons. The zero-order valence-electron chi connectivity index (χ0n) is 10.4. The Bertz CT molecular complexity index is 480. The first-order valence-corrected chi connectivity index (χ1v) is 5.58. The number of aliphatic carboxylic acids is 1. The van der Waals surface area contributed by atoms with Crippen molar-refractivity contribution in [1.82, 2.24) is 4.90 Å². The van der Waals surface area contributed by atoms with E-state index >= 15 is 0 Å². The third kappa shape index (κ3) is 3.82. The summed E-state index contributed by atoms with van der Waals surface area (Å²) in [6.45, 7) is 3.70. The molecule has 1 rings (SSSR count). The maximum atomic E-state index is 13.6. The van der Waals surface area contributed by atoms with Crippen LogP contribution in [-0.2, 0) is 11.3 Å². The molecule has 0 amide bonds. The number of carbonyl (C=O) groups is 1. The second-order valence-corrected chi connectivity index (χ2v) is 4.31. The highest BCUT2D eigenvalue weighted by Gasteiger charge is 2.16. The van der Waals surface area contributed by atoms with Gasteiger partial charge in [-0.1, -0.05) is 0 Å². The smallest absolute Gasteiger partial charge is 0.317 e. The molecule has 0 aliphatic carbocycles. The fourth-order valence-corrected chi connectivity index (χ4v) is 1.58. The van der Waals surface area contributed by atoms with E-state index in [9.17, 15) is 9.18 Å². The summed E-state index contributed by atoms with van der Waals surface area (Å²) in [5.74, 6) is -1.38. The number of halogens is 1. The van der Waals surface area contributed by atoms with Gasteiger partial charge < -0.3 is 5.11 Å². The first kappa shape index (κ1) is 14.1. The first-order valence-electron chi connectivity index (χ1n) is 5.58. The maximum Gasteiger partial charge on any atom is 0.317 e. The minimum Gasteiger partial charge on any atom is -0.480 e. The van der Waals surface area contributed by atoms with Gasteiger partial charge in [0.25, 0.3) is 0 Å². The third-order valence-corrected chi connectivity index (χ3v) is 2.62. The molecule has 5 heteroatoms. The van der Waals surface area contributed by atoms with Crippen LogP contribution < -0.4 is 0 Å². The summed E-state index contributed by atoms with van der Waals surface area (Å²) in [6.07, 6.45) is 0. The van der Waals surface area contributed by atoms with Gasteiger partial charge in [-0.05, 0) is 32.0 Å². The van der Waals surface area contributed by atoms with E-state index in [1.165, 1.54) is 18.2 Å². The average molecular weight is 250 g/mol. The normalized spacial score (nSPS) is 10.7. The van der Waals surface area contributed by atoms with E-state index in [-0.39, 0.29) is 19.1 Å². The van der Waals surface area contributed by atoms with Crippen LogP contribution in [0.1, 0.15) is 25.0 Å². The second kappa shape index (κ2) is 6.12. The topological polar surface area (TPSA) is 64.3 Å². The molecule has 0 heterocycles. The molecular weight excluding hydrogens is 235 g/mol. The van der Waals surface area contributed by atoms with E-state index in [0.717, 1.165) is 0 Å². The van der Waals surface area contributed by atoms with Crippen molar-refractivity contribution in [3.63, 3.8) is 0 Å². The molecule has 0 bridgehead atoms. The summed E-state index contributed by atoms with van der Waals surface area (Å²) in [5.41, 5.74) is 0.703. The van der Waals surface area contributed by atoms with Gasteiger partial charge in [-0.2, -0.15) is 5.26 Å². The number of nitrogens with zero attached hydrogens (tertiary/aromatic N) is 2. The van der Waals surface area contributed by atoms with Gasteiger partial charge in [-0.25, -0.2) is 4.39 Å². The van der Waals surface area contributed by atoms with Crippen molar-refractivity contribution in [1.29, 1.82) is 5.26 Å². The van der Waals surface area contributed by atoms with Crippen LogP contribution >= 0.6 is 0 Å². The molecule has 0 spiro atoms. The molecular formula is C13H15FN2O2.